The molecule has 38 heavy (non-hydrogen) atoms. The van der Waals surface area contributed by atoms with Crippen LogP contribution in [0.3, 0.4) is 0 Å². The van der Waals surface area contributed by atoms with Crippen LogP contribution in [0, 0.1) is 0 Å². The number of nitrogens with two attached hydrogens (primary N) is 1. The van der Waals surface area contributed by atoms with E-state index in [-0.39, 0.29) is 11.7 Å². The number of nitrogens with one attached hydrogen (secondary N) is 1. The number of hydrogen-bond acceptors (Lipinski definition) is 9. The molecule has 5 rings (SSSR count). The van der Waals surface area contributed by atoms with Gasteiger partial charge in [-0.2, -0.15) is 0 Å². The molecular weight excluding hydrogens is 484 g/mol. The van der Waals surface area contributed by atoms with Crippen LogP contribution in [-0.2, 0) is 13.0 Å². The minimum atomic E-state index is -0.229. The molecule has 3 heterocycles. The second-order valence-corrected chi connectivity index (χ2v) is 9.02. The predicted octanol–water partition coefficient (Wildman–Crippen LogP) is 4.23. The Bertz CT molecular complexity index is 1570. The molecule has 3 aromatic heterocycles. The van der Waals surface area contributed by atoms with Crippen molar-refractivity contribution in [2.45, 2.75) is 19.9 Å². The fourth-order valence-corrected chi connectivity index (χ4v) is 4.05. The van der Waals surface area contributed by atoms with Gasteiger partial charge in [0.05, 0.1) is 11.7 Å². The first-order valence-corrected chi connectivity index (χ1v) is 12.2. The number of amides is 1. The fraction of sp³-hybridized carbons (Fsp3) is 0.222. The van der Waals surface area contributed by atoms with E-state index < -0.39 is 0 Å². The predicted molar refractivity (Wildman–Crippen MR) is 144 cm³/mol. The minimum absolute atomic E-state index is 0.162. The van der Waals surface area contributed by atoms with E-state index in [1.165, 1.54) is 5.56 Å². The topological polar surface area (TPSA) is 137 Å². The molecule has 0 aliphatic rings. The molecule has 0 aliphatic heterocycles. The molecule has 0 fully saturated rings. The van der Waals surface area contributed by atoms with Crippen molar-refractivity contribution in [2.24, 2.45) is 0 Å². The molecule has 0 spiro atoms. The highest BCUT2D eigenvalue weighted by atomic mass is 16.6. The zero-order chi connectivity index (χ0) is 26.6. The van der Waals surface area contributed by atoms with Gasteiger partial charge < -0.3 is 25.3 Å². The first-order valence-electron chi connectivity index (χ1n) is 12.2. The van der Waals surface area contributed by atoms with Gasteiger partial charge in [0.1, 0.15) is 11.3 Å². The van der Waals surface area contributed by atoms with E-state index in [1.807, 2.05) is 49.9 Å². The summed E-state index contributed by atoms with van der Waals surface area (Å²) in [7, 11) is 4.10. The number of carbonyl (C=O) groups is 1. The standard InChI is InChI=1S/C27H28N8O3/c1-4-35-22-15-23(29-16-21(22)31-26(35)24-25(28)33-38-32-24)37-20-7-5-6-18(14-20)27(36)30-19-10-8-17(9-11-19)12-13-34(2)3/h5-11,14-16H,4,12-13H2,1-3H3,(H2,28,33)(H,30,36). The number of hydrogen-bond donors (Lipinski definition) is 2. The molecule has 0 unspecified atom stereocenters. The van der Waals surface area contributed by atoms with Gasteiger partial charge in [0, 0.05) is 30.4 Å². The Morgan fingerprint density at radius 3 is 2.66 bits per heavy atom. The van der Waals surface area contributed by atoms with E-state index in [4.69, 9.17) is 15.1 Å². The van der Waals surface area contributed by atoms with Crippen molar-refractivity contribution in [1.82, 2.24) is 29.7 Å². The summed E-state index contributed by atoms with van der Waals surface area (Å²) in [5, 5.41) is 10.5. The van der Waals surface area contributed by atoms with E-state index in [2.05, 4.69) is 30.5 Å². The van der Waals surface area contributed by atoms with Gasteiger partial charge in [0.2, 0.25) is 5.88 Å². The number of rotatable bonds is 9. The SMILES string of the molecule is CCn1c(-c2nonc2N)nc2cnc(Oc3cccc(C(=O)Nc4ccc(CCN(C)C)cc4)c3)cc21. The van der Waals surface area contributed by atoms with E-state index in [1.54, 1.807) is 36.5 Å². The van der Waals surface area contributed by atoms with E-state index >= 15 is 0 Å². The molecule has 0 atom stereocenters. The molecule has 5 aromatic rings. The van der Waals surface area contributed by atoms with Crippen LogP contribution < -0.4 is 15.8 Å². The Labute approximate surface area is 219 Å². The summed E-state index contributed by atoms with van der Waals surface area (Å²) in [6.07, 6.45) is 2.56. The third-order valence-electron chi connectivity index (χ3n) is 6.03. The normalized spacial score (nSPS) is 11.3. The summed E-state index contributed by atoms with van der Waals surface area (Å²) in [5.74, 6) is 1.30. The number of nitrogen functional groups attached to an aromatic ring is 1. The molecule has 11 nitrogen and oxygen atoms in total. The number of carbonyl (C=O) groups excluding carboxylic acids is 1. The van der Waals surface area contributed by atoms with Crippen molar-refractivity contribution in [2.75, 3.05) is 31.7 Å². The molecule has 2 aromatic carbocycles. The molecule has 0 bridgehead atoms. The van der Waals surface area contributed by atoms with Crippen LogP contribution in [0.25, 0.3) is 22.6 Å². The monoisotopic (exact) mass is 512 g/mol. The Morgan fingerprint density at radius 2 is 1.95 bits per heavy atom. The first-order chi connectivity index (χ1) is 18.4. The Kier molecular flexibility index (Phi) is 7.00. The van der Waals surface area contributed by atoms with Gasteiger partial charge in [0.25, 0.3) is 5.91 Å². The molecule has 194 valence electrons. The lowest BCUT2D eigenvalue weighted by atomic mass is 10.1. The summed E-state index contributed by atoms with van der Waals surface area (Å²) in [5.41, 5.74) is 10.1. The lowest BCUT2D eigenvalue weighted by molar-refractivity contribution is 0.102. The van der Waals surface area contributed by atoms with Gasteiger partial charge in [-0.25, -0.2) is 14.6 Å². The number of nitrogens with zero attached hydrogens (tertiary/aromatic N) is 6. The molecular formula is C27H28N8O3. The van der Waals surface area contributed by atoms with Crippen LogP contribution in [0.4, 0.5) is 11.5 Å². The third-order valence-corrected chi connectivity index (χ3v) is 6.03. The van der Waals surface area contributed by atoms with Crippen molar-refractivity contribution in [1.29, 1.82) is 0 Å². The van der Waals surface area contributed by atoms with Gasteiger partial charge in [-0.15, -0.1) is 0 Å². The van der Waals surface area contributed by atoms with Crippen molar-refractivity contribution in [3.05, 3.63) is 71.9 Å². The quantitative estimate of drug-likeness (QED) is 0.297. The lowest BCUT2D eigenvalue weighted by Gasteiger charge is -2.11. The summed E-state index contributed by atoms with van der Waals surface area (Å²) < 4.78 is 12.7. The van der Waals surface area contributed by atoms with Gasteiger partial charge in [0.15, 0.2) is 17.3 Å². The number of imidazole rings is 1. The van der Waals surface area contributed by atoms with Crippen LogP contribution in [0.2, 0.25) is 0 Å². The van der Waals surface area contributed by atoms with Crippen molar-refractivity contribution < 1.29 is 14.2 Å². The molecule has 0 saturated heterocycles. The maximum atomic E-state index is 12.9. The number of aromatic nitrogens is 5. The minimum Gasteiger partial charge on any atom is -0.439 e. The number of fused-ring (bicyclic) bond motifs is 1. The van der Waals surface area contributed by atoms with Crippen LogP contribution in [0.15, 0.2) is 65.4 Å². The van der Waals surface area contributed by atoms with E-state index in [0.29, 0.717) is 40.8 Å². The smallest absolute Gasteiger partial charge is 0.255 e. The molecule has 3 N–H and O–H groups in total. The highest BCUT2D eigenvalue weighted by Gasteiger charge is 2.19. The van der Waals surface area contributed by atoms with Crippen LogP contribution in [0.5, 0.6) is 11.6 Å². The van der Waals surface area contributed by atoms with Crippen molar-refractivity contribution in [3.8, 4) is 23.1 Å². The van der Waals surface area contributed by atoms with Gasteiger partial charge in [-0.3, -0.25) is 4.79 Å². The van der Waals surface area contributed by atoms with Crippen LogP contribution in [0.1, 0.15) is 22.8 Å². The van der Waals surface area contributed by atoms with E-state index in [0.717, 1.165) is 24.2 Å². The van der Waals surface area contributed by atoms with Crippen molar-refractivity contribution in [3.63, 3.8) is 0 Å². The maximum Gasteiger partial charge on any atom is 0.255 e. The second kappa shape index (κ2) is 10.7. The molecule has 0 radical (unpaired) electrons. The zero-order valence-corrected chi connectivity index (χ0v) is 21.4. The van der Waals surface area contributed by atoms with Crippen molar-refractivity contribution >= 4 is 28.4 Å². The summed E-state index contributed by atoms with van der Waals surface area (Å²) >= 11 is 0. The van der Waals surface area contributed by atoms with Gasteiger partial charge in [-0.1, -0.05) is 18.2 Å². The lowest BCUT2D eigenvalue weighted by Crippen LogP contribution is -2.15. The number of anilines is 2. The molecule has 0 saturated carbocycles. The maximum absolute atomic E-state index is 12.9. The van der Waals surface area contributed by atoms with Crippen LogP contribution in [-0.4, -0.2) is 56.3 Å². The third kappa shape index (κ3) is 5.32. The number of ether oxygens (including phenoxy) is 1. The molecule has 0 aliphatic carbocycles. The van der Waals surface area contributed by atoms with Gasteiger partial charge >= 0.3 is 0 Å². The summed E-state index contributed by atoms with van der Waals surface area (Å²) in [4.78, 5) is 24.0. The van der Waals surface area contributed by atoms with E-state index in [9.17, 15) is 4.79 Å². The summed E-state index contributed by atoms with van der Waals surface area (Å²) in [6.45, 7) is 3.55. The highest BCUT2D eigenvalue weighted by Crippen LogP contribution is 2.29. The Morgan fingerprint density at radius 1 is 1.13 bits per heavy atom. The average molecular weight is 513 g/mol. The zero-order valence-electron chi connectivity index (χ0n) is 21.4. The molecule has 11 heteroatoms. The highest BCUT2D eigenvalue weighted by molar-refractivity contribution is 6.04. The number of pyridine rings is 1. The first kappa shape index (κ1) is 24.9. The summed E-state index contributed by atoms with van der Waals surface area (Å²) in [6, 6.07) is 16.6. The largest absolute Gasteiger partial charge is 0.439 e. The number of likely N-dealkylation sites (N-methyl/N-ethyl adjacent to an activating group) is 1. The second-order valence-electron chi connectivity index (χ2n) is 9.02. The Hall–Kier alpha value is -4.77. The number of aryl methyl sites for hydroxylation is 1. The van der Waals surface area contributed by atoms with Gasteiger partial charge in [-0.05, 0) is 73.6 Å². The van der Waals surface area contributed by atoms with Crippen LogP contribution >= 0.6 is 0 Å². The molecule has 1 amide bonds. The number of benzene rings is 2. The fourth-order valence-electron chi connectivity index (χ4n) is 4.05. The Balaban J connectivity index is 1.31. The average Bonchev–Trinajstić information content (AvgIpc) is 3.50.